The minimum absolute atomic E-state index is 0.150. The summed E-state index contributed by atoms with van der Waals surface area (Å²) in [5, 5.41) is 11.5. The number of carbonyl (C=O) groups excluding carboxylic acids is 1. The van der Waals surface area contributed by atoms with E-state index < -0.39 is 0 Å². The first-order valence-electron chi connectivity index (χ1n) is 7.38. The number of methoxy groups -OCH3 is 1. The molecule has 120 valence electrons. The molecule has 0 aliphatic heterocycles. The molecule has 0 radical (unpaired) electrons. The van der Waals surface area contributed by atoms with Gasteiger partial charge in [0.1, 0.15) is 0 Å². The molecule has 0 aromatic carbocycles. The van der Waals surface area contributed by atoms with Gasteiger partial charge in [-0.05, 0) is 19.4 Å². The van der Waals surface area contributed by atoms with Gasteiger partial charge in [-0.15, -0.1) is 0 Å². The Hall–Kier alpha value is -2.15. The Morgan fingerprint density at radius 2 is 2.27 bits per heavy atom. The summed E-state index contributed by atoms with van der Waals surface area (Å²) in [6.07, 6.45) is 4.47. The number of nitrogens with one attached hydrogen (secondary N) is 1. The Balaban J connectivity index is 2.16. The molecule has 1 amide bonds. The maximum atomic E-state index is 12.5. The molecule has 0 fully saturated rings. The molecular formula is C15H23N5O2. The Morgan fingerprint density at radius 3 is 2.86 bits per heavy atom. The molecule has 0 saturated carbocycles. The van der Waals surface area contributed by atoms with Crippen molar-refractivity contribution in [3.8, 4) is 0 Å². The first-order valence-corrected chi connectivity index (χ1v) is 7.38. The van der Waals surface area contributed by atoms with Crippen molar-refractivity contribution < 1.29 is 9.53 Å². The number of hydrogen-bond donors (Lipinski definition) is 1. The molecule has 2 aromatic heterocycles. The van der Waals surface area contributed by atoms with E-state index in [1.807, 2.05) is 20.0 Å². The van der Waals surface area contributed by atoms with E-state index in [0.717, 1.165) is 24.4 Å². The van der Waals surface area contributed by atoms with Crippen molar-refractivity contribution in [1.82, 2.24) is 24.9 Å². The lowest BCUT2D eigenvalue weighted by atomic mass is 10.2. The predicted molar refractivity (Wildman–Crippen MR) is 82.5 cm³/mol. The molecule has 2 rings (SSSR count). The molecular weight excluding hydrogens is 282 g/mol. The molecule has 0 bridgehead atoms. The maximum Gasteiger partial charge on any atom is 0.255 e. The smallest absolute Gasteiger partial charge is 0.255 e. The third-order valence-electron chi connectivity index (χ3n) is 3.50. The van der Waals surface area contributed by atoms with Crippen LogP contribution in [0.5, 0.6) is 0 Å². The second-order valence-corrected chi connectivity index (χ2v) is 5.25. The SMILES string of the molecule is CCCn1cc(C(=O)N[C@H](COC)c2ccnn2C)c(C)n1. The zero-order valence-electron chi connectivity index (χ0n) is 13.5. The van der Waals surface area contributed by atoms with Gasteiger partial charge in [0.25, 0.3) is 5.91 Å². The van der Waals surface area contributed by atoms with Crippen LogP contribution in [0.1, 0.15) is 41.1 Å². The Labute approximate surface area is 130 Å². The van der Waals surface area contributed by atoms with E-state index in [1.54, 1.807) is 28.9 Å². The minimum atomic E-state index is -0.251. The highest BCUT2D eigenvalue weighted by Crippen LogP contribution is 2.14. The molecule has 0 aliphatic rings. The van der Waals surface area contributed by atoms with Crippen molar-refractivity contribution in [2.24, 2.45) is 7.05 Å². The van der Waals surface area contributed by atoms with Crippen molar-refractivity contribution in [2.45, 2.75) is 32.9 Å². The van der Waals surface area contributed by atoms with Gasteiger partial charge < -0.3 is 10.1 Å². The van der Waals surface area contributed by atoms with Crippen molar-refractivity contribution in [3.05, 3.63) is 35.4 Å². The average Bonchev–Trinajstić information content (AvgIpc) is 3.05. The van der Waals surface area contributed by atoms with Gasteiger partial charge >= 0.3 is 0 Å². The number of amides is 1. The van der Waals surface area contributed by atoms with Crippen LogP contribution in [0, 0.1) is 6.92 Å². The number of aryl methyl sites for hydroxylation is 3. The van der Waals surface area contributed by atoms with Crippen LogP contribution >= 0.6 is 0 Å². The maximum absolute atomic E-state index is 12.5. The zero-order valence-corrected chi connectivity index (χ0v) is 13.5. The number of carbonyl (C=O) groups is 1. The summed E-state index contributed by atoms with van der Waals surface area (Å²) in [6.45, 7) is 5.11. The average molecular weight is 305 g/mol. The Kier molecular flexibility index (Phi) is 5.32. The first-order chi connectivity index (χ1) is 10.6. The van der Waals surface area contributed by atoms with E-state index in [1.165, 1.54) is 0 Å². The first kappa shape index (κ1) is 16.2. The monoisotopic (exact) mass is 305 g/mol. The predicted octanol–water partition coefficient (Wildman–Crippen LogP) is 1.45. The summed E-state index contributed by atoms with van der Waals surface area (Å²) in [4.78, 5) is 12.5. The summed E-state index contributed by atoms with van der Waals surface area (Å²) in [5.41, 5.74) is 2.22. The fourth-order valence-corrected chi connectivity index (χ4v) is 2.41. The fraction of sp³-hybridized carbons (Fsp3) is 0.533. The summed E-state index contributed by atoms with van der Waals surface area (Å²) >= 11 is 0. The third kappa shape index (κ3) is 3.54. The number of nitrogens with zero attached hydrogens (tertiary/aromatic N) is 4. The van der Waals surface area contributed by atoms with Gasteiger partial charge in [0.2, 0.25) is 0 Å². The third-order valence-corrected chi connectivity index (χ3v) is 3.50. The van der Waals surface area contributed by atoms with E-state index in [-0.39, 0.29) is 11.9 Å². The van der Waals surface area contributed by atoms with Crippen LogP contribution < -0.4 is 5.32 Å². The van der Waals surface area contributed by atoms with Crippen molar-refractivity contribution in [2.75, 3.05) is 13.7 Å². The van der Waals surface area contributed by atoms with E-state index in [2.05, 4.69) is 22.4 Å². The highest BCUT2D eigenvalue weighted by Gasteiger charge is 2.21. The lowest BCUT2D eigenvalue weighted by Crippen LogP contribution is -2.32. The zero-order chi connectivity index (χ0) is 16.1. The molecule has 1 atom stereocenters. The van der Waals surface area contributed by atoms with Crippen LogP contribution in [0.25, 0.3) is 0 Å². The molecule has 0 unspecified atom stereocenters. The molecule has 0 spiro atoms. The van der Waals surface area contributed by atoms with Crippen molar-refractivity contribution in [3.63, 3.8) is 0 Å². The Morgan fingerprint density at radius 1 is 1.50 bits per heavy atom. The number of hydrogen-bond acceptors (Lipinski definition) is 4. The van der Waals surface area contributed by atoms with Gasteiger partial charge in [0.05, 0.1) is 29.6 Å². The van der Waals surface area contributed by atoms with Gasteiger partial charge in [-0.25, -0.2) is 0 Å². The molecule has 7 nitrogen and oxygen atoms in total. The van der Waals surface area contributed by atoms with Crippen LogP contribution in [0.15, 0.2) is 18.5 Å². The van der Waals surface area contributed by atoms with Gasteiger partial charge in [-0.3, -0.25) is 14.2 Å². The van der Waals surface area contributed by atoms with Crippen molar-refractivity contribution in [1.29, 1.82) is 0 Å². The van der Waals surface area contributed by atoms with Gasteiger partial charge in [-0.2, -0.15) is 10.2 Å². The number of ether oxygens (including phenoxy) is 1. The van der Waals surface area contributed by atoms with Crippen LogP contribution in [0.3, 0.4) is 0 Å². The minimum Gasteiger partial charge on any atom is -0.382 e. The topological polar surface area (TPSA) is 74.0 Å². The lowest BCUT2D eigenvalue weighted by molar-refractivity contribution is 0.0891. The molecule has 7 heteroatoms. The lowest BCUT2D eigenvalue weighted by Gasteiger charge is -2.18. The molecule has 22 heavy (non-hydrogen) atoms. The van der Waals surface area contributed by atoms with E-state index in [9.17, 15) is 4.79 Å². The highest BCUT2D eigenvalue weighted by molar-refractivity contribution is 5.95. The molecule has 0 aliphatic carbocycles. The van der Waals surface area contributed by atoms with E-state index in [0.29, 0.717) is 12.2 Å². The molecule has 0 saturated heterocycles. The van der Waals surface area contributed by atoms with Crippen LogP contribution in [-0.4, -0.2) is 39.2 Å². The summed E-state index contributed by atoms with van der Waals surface area (Å²) < 4.78 is 8.76. The molecule has 2 heterocycles. The summed E-state index contributed by atoms with van der Waals surface area (Å²) in [5.74, 6) is -0.150. The summed E-state index contributed by atoms with van der Waals surface area (Å²) in [6, 6.07) is 1.62. The quantitative estimate of drug-likeness (QED) is 0.840. The van der Waals surface area contributed by atoms with Gasteiger partial charge in [0.15, 0.2) is 0 Å². The largest absolute Gasteiger partial charge is 0.382 e. The van der Waals surface area contributed by atoms with Crippen LogP contribution in [0.2, 0.25) is 0 Å². The van der Waals surface area contributed by atoms with E-state index in [4.69, 9.17) is 4.74 Å². The van der Waals surface area contributed by atoms with Gasteiger partial charge in [0, 0.05) is 33.1 Å². The van der Waals surface area contributed by atoms with Gasteiger partial charge in [-0.1, -0.05) is 6.92 Å². The second kappa shape index (κ2) is 7.22. The molecule has 1 N–H and O–H groups in total. The Bertz CT molecular complexity index is 632. The number of aromatic nitrogens is 4. The number of rotatable bonds is 7. The summed E-state index contributed by atoms with van der Waals surface area (Å²) in [7, 11) is 3.45. The highest BCUT2D eigenvalue weighted by atomic mass is 16.5. The van der Waals surface area contributed by atoms with E-state index >= 15 is 0 Å². The second-order valence-electron chi connectivity index (χ2n) is 5.25. The van der Waals surface area contributed by atoms with Crippen molar-refractivity contribution >= 4 is 5.91 Å². The normalized spacial score (nSPS) is 12.4. The molecule has 2 aromatic rings. The van der Waals surface area contributed by atoms with Crippen LogP contribution in [0.4, 0.5) is 0 Å². The fourth-order valence-electron chi connectivity index (χ4n) is 2.41. The standard InChI is InChI=1S/C15H23N5O2/c1-5-8-20-9-12(11(2)18-20)15(21)17-13(10-22-4)14-6-7-16-19(14)3/h6-7,9,13H,5,8,10H2,1-4H3,(H,17,21)/t13-/m1/s1. The van der Waals surface area contributed by atoms with Crippen LogP contribution in [-0.2, 0) is 18.3 Å².